The Kier molecular flexibility index (Phi) is 4.68. The van der Waals surface area contributed by atoms with Gasteiger partial charge in [0.25, 0.3) is 0 Å². The molecule has 102 valence electrons. The van der Waals surface area contributed by atoms with Gasteiger partial charge in [-0.3, -0.25) is 0 Å². The maximum Gasteiger partial charge on any atom is 0.123 e. The zero-order valence-electron chi connectivity index (χ0n) is 11.2. The van der Waals surface area contributed by atoms with Crippen LogP contribution in [0, 0.1) is 5.82 Å². The lowest BCUT2D eigenvalue weighted by Crippen LogP contribution is -2.27. The number of hydrogen-bond donors (Lipinski definition) is 1. The summed E-state index contributed by atoms with van der Waals surface area (Å²) in [5.41, 5.74) is 7.07. The van der Waals surface area contributed by atoms with E-state index in [0.717, 1.165) is 24.4 Å². The molecule has 2 rings (SSSR count). The Bertz CT molecular complexity index is 522. The van der Waals surface area contributed by atoms with Crippen molar-refractivity contribution < 1.29 is 4.39 Å². The van der Waals surface area contributed by atoms with Gasteiger partial charge in [-0.15, -0.1) is 0 Å². The van der Waals surface area contributed by atoms with Gasteiger partial charge in [0.1, 0.15) is 11.6 Å². The summed E-state index contributed by atoms with van der Waals surface area (Å²) >= 11 is 0. The van der Waals surface area contributed by atoms with Crippen molar-refractivity contribution in [3.8, 4) is 0 Å². The predicted octanol–water partition coefficient (Wildman–Crippen LogP) is 2.54. The molecule has 0 fully saturated rings. The third-order valence-corrected chi connectivity index (χ3v) is 3.10. The molecule has 2 N–H and O–H groups in total. The van der Waals surface area contributed by atoms with Crippen LogP contribution in [0.4, 0.5) is 4.39 Å². The maximum atomic E-state index is 13.1. The van der Waals surface area contributed by atoms with Crippen molar-refractivity contribution in [2.75, 3.05) is 0 Å². The van der Waals surface area contributed by atoms with Crippen molar-refractivity contribution in [1.29, 1.82) is 0 Å². The molecule has 0 saturated heterocycles. The van der Waals surface area contributed by atoms with Gasteiger partial charge in [-0.1, -0.05) is 19.1 Å². The van der Waals surface area contributed by atoms with Crippen LogP contribution in [0.3, 0.4) is 0 Å². The Morgan fingerprint density at radius 3 is 2.95 bits per heavy atom. The van der Waals surface area contributed by atoms with E-state index in [4.69, 9.17) is 5.73 Å². The van der Waals surface area contributed by atoms with Crippen LogP contribution >= 0.6 is 0 Å². The van der Waals surface area contributed by atoms with Crippen molar-refractivity contribution in [3.05, 3.63) is 53.9 Å². The molecule has 1 aromatic heterocycles. The number of aryl methyl sites for hydroxylation is 1. The molecule has 3 nitrogen and oxygen atoms in total. The number of hydrogen-bond acceptors (Lipinski definition) is 2. The fraction of sp³-hybridized carbons (Fsp3) is 0.400. The van der Waals surface area contributed by atoms with Crippen LogP contribution in [0.1, 0.15) is 24.7 Å². The molecule has 1 atom stereocenters. The molecular formula is C15H20FN3. The van der Waals surface area contributed by atoms with Gasteiger partial charge in [0, 0.05) is 31.4 Å². The van der Waals surface area contributed by atoms with Gasteiger partial charge in [0.2, 0.25) is 0 Å². The molecule has 0 aliphatic rings. The molecule has 1 heterocycles. The largest absolute Gasteiger partial charge is 0.335 e. The van der Waals surface area contributed by atoms with Gasteiger partial charge >= 0.3 is 0 Å². The van der Waals surface area contributed by atoms with Gasteiger partial charge in [0.05, 0.1) is 0 Å². The molecule has 0 amide bonds. The Morgan fingerprint density at radius 2 is 2.21 bits per heavy atom. The minimum absolute atomic E-state index is 0.0418. The van der Waals surface area contributed by atoms with Gasteiger partial charge in [0.15, 0.2) is 0 Å². The van der Waals surface area contributed by atoms with E-state index >= 15 is 0 Å². The number of nitrogens with zero attached hydrogens (tertiary/aromatic N) is 2. The van der Waals surface area contributed by atoms with Crippen LogP contribution in [-0.2, 0) is 19.4 Å². The molecule has 0 bridgehead atoms. The van der Waals surface area contributed by atoms with E-state index in [-0.39, 0.29) is 11.9 Å². The summed E-state index contributed by atoms with van der Waals surface area (Å²) in [4.78, 5) is 4.34. The summed E-state index contributed by atoms with van der Waals surface area (Å²) in [6, 6.07) is 6.57. The average molecular weight is 261 g/mol. The van der Waals surface area contributed by atoms with Gasteiger partial charge < -0.3 is 10.3 Å². The van der Waals surface area contributed by atoms with E-state index in [0.29, 0.717) is 12.8 Å². The molecule has 0 saturated carbocycles. The molecule has 0 spiro atoms. The molecule has 19 heavy (non-hydrogen) atoms. The fourth-order valence-corrected chi connectivity index (χ4v) is 2.25. The minimum atomic E-state index is -0.211. The van der Waals surface area contributed by atoms with Crippen LogP contribution in [0.15, 0.2) is 36.7 Å². The second-order valence-corrected chi connectivity index (χ2v) is 4.84. The van der Waals surface area contributed by atoms with Gasteiger partial charge in [-0.25, -0.2) is 9.37 Å². The first-order valence-electron chi connectivity index (χ1n) is 6.69. The number of benzene rings is 1. The highest BCUT2D eigenvalue weighted by Crippen LogP contribution is 2.09. The smallest absolute Gasteiger partial charge is 0.123 e. The van der Waals surface area contributed by atoms with E-state index in [1.807, 2.05) is 12.3 Å². The van der Waals surface area contributed by atoms with Crippen LogP contribution in [0.25, 0.3) is 0 Å². The van der Waals surface area contributed by atoms with E-state index in [9.17, 15) is 4.39 Å². The number of aromatic nitrogens is 2. The Balaban J connectivity index is 1.97. The molecule has 0 aliphatic heterocycles. The third kappa shape index (κ3) is 3.89. The van der Waals surface area contributed by atoms with E-state index in [1.54, 1.807) is 18.3 Å². The average Bonchev–Trinajstić information content (AvgIpc) is 2.77. The first kappa shape index (κ1) is 13.7. The summed E-state index contributed by atoms with van der Waals surface area (Å²) in [6.45, 7) is 3.10. The van der Waals surface area contributed by atoms with Gasteiger partial charge in [-0.2, -0.15) is 0 Å². The standard InChI is InChI=1S/C15H20FN3/c1-2-7-19-8-6-18-15(19)11-14(17)10-12-4-3-5-13(16)9-12/h3-6,8-9,14H,2,7,10-11,17H2,1H3. The summed E-state index contributed by atoms with van der Waals surface area (Å²) in [6.07, 6.45) is 6.23. The van der Waals surface area contributed by atoms with E-state index < -0.39 is 0 Å². The fourth-order valence-electron chi connectivity index (χ4n) is 2.25. The second kappa shape index (κ2) is 6.48. The Labute approximate surface area is 113 Å². The highest BCUT2D eigenvalue weighted by atomic mass is 19.1. The quantitative estimate of drug-likeness (QED) is 0.868. The molecule has 1 aromatic carbocycles. The molecule has 0 radical (unpaired) electrons. The third-order valence-electron chi connectivity index (χ3n) is 3.10. The SMILES string of the molecule is CCCn1ccnc1CC(N)Cc1cccc(F)c1. The van der Waals surface area contributed by atoms with Crippen LogP contribution < -0.4 is 5.73 Å². The van der Waals surface area contributed by atoms with Crippen molar-refractivity contribution in [2.24, 2.45) is 5.73 Å². The molecular weight excluding hydrogens is 241 g/mol. The number of rotatable bonds is 6. The molecule has 0 aliphatic carbocycles. The topological polar surface area (TPSA) is 43.8 Å². The van der Waals surface area contributed by atoms with E-state index in [1.165, 1.54) is 6.07 Å². The number of imidazole rings is 1. The summed E-state index contributed by atoms with van der Waals surface area (Å²) in [7, 11) is 0. The zero-order valence-corrected chi connectivity index (χ0v) is 11.2. The van der Waals surface area contributed by atoms with E-state index in [2.05, 4.69) is 16.5 Å². The number of halogens is 1. The summed E-state index contributed by atoms with van der Waals surface area (Å²) < 4.78 is 15.2. The first-order valence-corrected chi connectivity index (χ1v) is 6.69. The summed E-state index contributed by atoms with van der Waals surface area (Å²) in [5.74, 6) is 0.794. The monoisotopic (exact) mass is 261 g/mol. The van der Waals surface area contributed by atoms with Crippen molar-refractivity contribution in [2.45, 2.75) is 38.8 Å². The highest BCUT2D eigenvalue weighted by molar-refractivity contribution is 5.17. The normalized spacial score (nSPS) is 12.6. The second-order valence-electron chi connectivity index (χ2n) is 4.84. The molecule has 4 heteroatoms. The maximum absolute atomic E-state index is 13.1. The lowest BCUT2D eigenvalue weighted by atomic mass is 10.0. The van der Waals surface area contributed by atoms with Crippen LogP contribution in [0.2, 0.25) is 0 Å². The Morgan fingerprint density at radius 1 is 1.37 bits per heavy atom. The van der Waals surface area contributed by atoms with Gasteiger partial charge in [-0.05, 0) is 30.5 Å². The predicted molar refractivity (Wildman–Crippen MR) is 74.3 cm³/mol. The lowest BCUT2D eigenvalue weighted by molar-refractivity contribution is 0.579. The summed E-state index contributed by atoms with van der Waals surface area (Å²) in [5, 5.41) is 0. The van der Waals surface area contributed by atoms with Crippen LogP contribution in [0.5, 0.6) is 0 Å². The lowest BCUT2D eigenvalue weighted by Gasteiger charge is -2.13. The van der Waals surface area contributed by atoms with Crippen molar-refractivity contribution >= 4 is 0 Å². The molecule has 2 aromatic rings. The molecule has 1 unspecified atom stereocenters. The van der Waals surface area contributed by atoms with Crippen LogP contribution in [-0.4, -0.2) is 15.6 Å². The minimum Gasteiger partial charge on any atom is -0.335 e. The van der Waals surface area contributed by atoms with Crippen molar-refractivity contribution in [3.63, 3.8) is 0 Å². The Hall–Kier alpha value is -1.68. The highest BCUT2D eigenvalue weighted by Gasteiger charge is 2.10. The van der Waals surface area contributed by atoms with Crippen molar-refractivity contribution in [1.82, 2.24) is 9.55 Å². The first-order chi connectivity index (χ1) is 9.19. The zero-order chi connectivity index (χ0) is 13.7. The number of nitrogens with two attached hydrogens (primary N) is 1.